The van der Waals surface area contributed by atoms with Crippen LogP contribution in [0.15, 0.2) is 170 Å². The number of rotatable bonds is 4. The molecule has 0 aliphatic heterocycles. The number of fused-ring (bicyclic) bond motifs is 9. The van der Waals surface area contributed by atoms with Crippen molar-refractivity contribution in [1.82, 2.24) is 19.1 Å². The second kappa shape index (κ2) is 10.9. The molecule has 10 aromatic rings. The molecule has 0 atom stereocenters. The van der Waals surface area contributed by atoms with E-state index in [2.05, 4.69) is 173 Å². The van der Waals surface area contributed by atoms with Crippen molar-refractivity contribution in [3.8, 4) is 45.0 Å². The minimum absolute atomic E-state index is 0.832. The summed E-state index contributed by atoms with van der Waals surface area (Å²) in [5.41, 5.74) is 15.1. The molecule has 0 saturated heterocycles. The Kier molecular flexibility index (Phi) is 5.98. The third-order valence-corrected chi connectivity index (χ3v) is 10.6. The van der Waals surface area contributed by atoms with Crippen molar-refractivity contribution in [2.75, 3.05) is 0 Å². The maximum Gasteiger partial charge on any atom is 0.156 e. The van der Waals surface area contributed by atoms with Crippen molar-refractivity contribution in [2.45, 2.75) is 6.42 Å². The highest BCUT2D eigenvalue weighted by atomic mass is 15.1. The molecule has 0 bridgehead atoms. The van der Waals surface area contributed by atoms with Gasteiger partial charge in [-0.2, -0.15) is 0 Å². The zero-order valence-corrected chi connectivity index (χ0v) is 27.7. The van der Waals surface area contributed by atoms with Gasteiger partial charge < -0.3 is 4.57 Å². The van der Waals surface area contributed by atoms with Gasteiger partial charge in [-0.25, -0.2) is 4.98 Å². The Morgan fingerprint density at radius 1 is 0.431 bits per heavy atom. The molecule has 0 N–H and O–H groups in total. The highest BCUT2D eigenvalue weighted by Crippen LogP contribution is 2.39. The molecule has 0 radical (unpaired) electrons. The maximum atomic E-state index is 5.23. The lowest BCUT2D eigenvalue weighted by Crippen LogP contribution is -2.01. The summed E-state index contributed by atoms with van der Waals surface area (Å²) in [7, 11) is 0. The number of hydrogen-bond acceptors (Lipinski definition) is 2. The van der Waals surface area contributed by atoms with E-state index in [1.54, 1.807) is 0 Å². The van der Waals surface area contributed by atoms with E-state index >= 15 is 0 Å². The van der Waals surface area contributed by atoms with E-state index in [4.69, 9.17) is 9.97 Å². The van der Waals surface area contributed by atoms with Crippen LogP contribution in [0.3, 0.4) is 0 Å². The minimum Gasteiger partial charge on any atom is -0.309 e. The average Bonchev–Trinajstić information content (AvgIpc) is 3.85. The SMILES string of the molecule is c1ccc(-c2ccc(-n3c4ccccc4c4cc(-c5ccc6c(c5)c5ccccc5n6-c5cnc6c(n5)-c5ccccc5C6)ccc43)cc2)cc1. The second-order valence-electron chi connectivity index (χ2n) is 13.4. The molecule has 3 heterocycles. The highest BCUT2D eigenvalue weighted by Gasteiger charge is 2.23. The predicted molar refractivity (Wildman–Crippen MR) is 210 cm³/mol. The van der Waals surface area contributed by atoms with Gasteiger partial charge in [0.1, 0.15) is 0 Å². The summed E-state index contributed by atoms with van der Waals surface area (Å²) in [4.78, 5) is 10.1. The van der Waals surface area contributed by atoms with Crippen LogP contribution >= 0.6 is 0 Å². The number of para-hydroxylation sites is 2. The van der Waals surface area contributed by atoms with E-state index in [1.165, 1.54) is 66.0 Å². The van der Waals surface area contributed by atoms with Crippen molar-refractivity contribution < 1.29 is 0 Å². The Morgan fingerprint density at radius 3 is 1.71 bits per heavy atom. The van der Waals surface area contributed by atoms with Gasteiger partial charge in [-0.05, 0) is 76.3 Å². The van der Waals surface area contributed by atoms with E-state index in [1.807, 2.05) is 6.20 Å². The first-order chi connectivity index (χ1) is 25.3. The molecule has 7 aromatic carbocycles. The summed E-state index contributed by atoms with van der Waals surface area (Å²) in [5, 5.41) is 4.89. The first-order valence-corrected chi connectivity index (χ1v) is 17.5. The van der Waals surface area contributed by atoms with Gasteiger partial charge in [-0.15, -0.1) is 0 Å². The molecule has 4 nitrogen and oxygen atoms in total. The van der Waals surface area contributed by atoms with Crippen LogP contribution in [0, 0.1) is 0 Å². The lowest BCUT2D eigenvalue weighted by molar-refractivity contribution is 1.01. The number of hydrogen-bond donors (Lipinski definition) is 0. The first kappa shape index (κ1) is 28.1. The van der Waals surface area contributed by atoms with Crippen LogP contribution in [0.25, 0.3) is 88.6 Å². The Morgan fingerprint density at radius 2 is 0.980 bits per heavy atom. The number of benzene rings is 7. The lowest BCUT2D eigenvalue weighted by Gasteiger charge is -2.10. The summed E-state index contributed by atoms with van der Waals surface area (Å²) in [5.74, 6) is 0.843. The Hall–Kier alpha value is -6.78. The standard InChI is InChI=1S/C47H30N4/c1-2-10-30(11-3-1)31-18-22-35(23-19-31)50-42-16-8-6-14-37(42)39-26-32(20-24-44(39)50)33-21-25-45-40(27-33)38-15-7-9-17-43(38)51(45)46-29-48-41-28-34-12-4-5-13-36(34)47(41)49-46/h1-27,29H,28H2. The van der Waals surface area contributed by atoms with Crippen LogP contribution in [0.2, 0.25) is 0 Å². The summed E-state index contributed by atoms with van der Waals surface area (Å²) >= 11 is 0. The van der Waals surface area contributed by atoms with Crippen LogP contribution in [-0.2, 0) is 6.42 Å². The zero-order chi connectivity index (χ0) is 33.5. The molecule has 0 spiro atoms. The smallest absolute Gasteiger partial charge is 0.156 e. The van der Waals surface area contributed by atoms with Crippen LogP contribution in [0.4, 0.5) is 0 Å². The van der Waals surface area contributed by atoms with E-state index in [0.29, 0.717) is 0 Å². The van der Waals surface area contributed by atoms with Crippen LogP contribution < -0.4 is 0 Å². The number of nitrogens with zero attached hydrogens (tertiary/aromatic N) is 4. The third kappa shape index (κ3) is 4.26. The Labute approximate surface area is 294 Å². The van der Waals surface area contributed by atoms with E-state index in [-0.39, 0.29) is 0 Å². The quantitative estimate of drug-likeness (QED) is 0.190. The van der Waals surface area contributed by atoms with Crippen molar-refractivity contribution in [2.24, 2.45) is 0 Å². The average molecular weight is 651 g/mol. The van der Waals surface area contributed by atoms with Gasteiger partial charge in [-0.3, -0.25) is 9.55 Å². The minimum atomic E-state index is 0.832. The topological polar surface area (TPSA) is 35.6 Å². The van der Waals surface area contributed by atoms with E-state index < -0.39 is 0 Å². The van der Waals surface area contributed by atoms with Gasteiger partial charge in [0.05, 0.1) is 39.7 Å². The molecular formula is C47H30N4. The summed E-state index contributed by atoms with van der Waals surface area (Å²) in [6.45, 7) is 0. The first-order valence-electron chi connectivity index (χ1n) is 17.5. The van der Waals surface area contributed by atoms with Crippen LogP contribution in [0.5, 0.6) is 0 Å². The lowest BCUT2D eigenvalue weighted by atomic mass is 10.0. The zero-order valence-electron chi connectivity index (χ0n) is 27.7. The molecule has 11 rings (SSSR count). The van der Waals surface area contributed by atoms with Crippen molar-refractivity contribution >= 4 is 43.6 Å². The fraction of sp³-hybridized carbons (Fsp3) is 0.0213. The molecule has 0 saturated carbocycles. The fourth-order valence-electron chi connectivity index (χ4n) is 8.21. The van der Waals surface area contributed by atoms with E-state index in [9.17, 15) is 0 Å². The molecule has 0 unspecified atom stereocenters. The molecule has 1 aliphatic rings. The Bertz CT molecular complexity index is 2980. The van der Waals surface area contributed by atoms with E-state index in [0.717, 1.165) is 40.3 Å². The van der Waals surface area contributed by atoms with Crippen molar-refractivity contribution in [1.29, 1.82) is 0 Å². The van der Waals surface area contributed by atoms with Gasteiger partial charge in [0.2, 0.25) is 0 Å². The molecule has 4 heteroatoms. The summed E-state index contributed by atoms with van der Waals surface area (Å²) in [6.07, 6.45) is 2.77. The molecule has 51 heavy (non-hydrogen) atoms. The molecule has 3 aromatic heterocycles. The molecule has 238 valence electrons. The predicted octanol–water partition coefficient (Wildman–Crippen LogP) is 11.6. The molecule has 1 aliphatic carbocycles. The second-order valence-corrected chi connectivity index (χ2v) is 13.4. The third-order valence-electron chi connectivity index (χ3n) is 10.6. The largest absolute Gasteiger partial charge is 0.309 e. The molecular weight excluding hydrogens is 621 g/mol. The Balaban J connectivity index is 1.04. The fourth-order valence-corrected chi connectivity index (χ4v) is 8.21. The van der Waals surface area contributed by atoms with Gasteiger partial charge in [0, 0.05) is 39.2 Å². The summed E-state index contributed by atoms with van der Waals surface area (Å²) in [6, 6.07) is 59.1. The maximum absolute atomic E-state index is 5.23. The van der Waals surface area contributed by atoms with Gasteiger partial charge >= 0.3 is 0 Å². The highest BCUT2D eigenvalue weighted by molar-refractivity contribution is 6.12. The van der Waals surface area contributed by atoms with Crippen molar-refractivity contribution in [3.05, 3.63) is 181 Å². The van der Waals surface area contributed by atoms with Crippen molar-refractivity contribution in [3.63, 3.8) is 0 Å². The monoisotopic (exact) mass is 650 g/mol. The molecule has 0 amide bonds. The normalized spacial score (nSPS) is 12.2. The van der Waals surface area contributed by atoms with Crippen LogP contribution in [-0.4, -0.2) is 19.1 Å². The van der Waals surface area contributed by atoms with Crippen LogP contribution in [0.1, 0.15) is 11.3 Å². The van der Waals surface area contributed by atoms with Gasteiger partial charge in [0.15, 0.2) is 5.82 Å². The van der Waals surface area contributed by atoms with Gasteiger partial charge in [-0.1, -0.05) is 115 Å². The summed E-state index contributed by atoms with van der Waals surface area (Å²) < 4.78 is 4.65. The molecule has 0 fully saturated rings. The van der Waals surface area contributed by atoms with Gasteiger partial charge in [0.25, 0.3) is 0 Å². The number of aromatic nitrogens is 4.